The Labute approximate surface area is 139 Å². The third kappa shape index (κ3) is 3.65. The van der Waals surface area contributed by atoms with Gasteiger partial charge in [-0.15, -0.1) is 0 Å². The van der Waals surface area contributed by atoms with Gasteiger partial charge >= 0.3 is 0 Å². The number of aromatic nitrogens is 2. The monoisotopic (exact) mass is 318 g/mol. The Morgan fingerprint density at radius 3 is 2.26 bits per heavy atom. The van der Waals surface area contributed by atoms with Crippen molar-refractivity contribution in [2.24, 2.45) is 17.2 Å². The molecule has 3 aliphatic rings. The molecule has 1 aromatic rings. The highest BCUT2D eigenvalue weighted by atomic mass is 15.5. The van der Waals surface area contributed by atoms with Crippen molar-refractivity contribution in [1.29, 1.82) is 0 Å². The quantitative estimate of drug-likeness (QED) is 0.845. The summed E-state index contributed by atoms with van der Waals surface area (Å²) in [5, 5.41) is 1.94. The van der Waals surface area contributed by atoms with E-state index in [1.165, 1.54) is 32.5 Å². The van der Waals surface area contributed by atoms with Crippen molar-refractivity contribution < 1.29 is 0 Å². The van der Waals surface area contributed by atoms with Crippen molar-refractivity contribution in [3.05, 3.63) is 18.5 Å². The van der Waals surface area contributed by atoms with Crippen LogP contribution in [-0.2, 0) is 0 Å². The molecule has 4 heterocycles. The highest BCUT2D eigenvalue weighted by Gasteiger charge is 2.50. The van der Waals surface area contributed by atoms with Crippen molar-refractivity contribution in [3.8, 4) is 0 Å². The summed E-state index contributed by atoms with van der Waals surface area (Å²) in [6.45, 7) is 12.1. The number of nitrogens with zero attached hydrogens (tertiary/aromatic N) is 5. The van der Waals surface area contributed by atoms with E-state index in [0.29, 0.717) is 5.41 Å². The molecule has 23 heavy (non-hydrogen) atoms. The van der Waals surface area contributed by atoms with Gasteiger partial charge in [0.25, 0.3) is 0 Å². The van der Waals surface area contributed by atoms with Crippen LogP contribution in [0.5, 0.6) is 0 Å². The molecule has 128 valence electrons. The van der Waals surface area contributed by atoms with Gasteiger partial charge in [0.2, 0.25) is 5.95 Å². The van der Waals surface area contributed by atoms with E-state index in [1.807, 2.05) is 37.3 Å². The third-order valence-electron chi connectivity index (χ3n) is 5.16. The van der Waals surface area contributed by atoms with E-state index in [1.54, 1.807) is 0 Å². The number of rotatable bonds is 3. The molecule has 1 spiro atoms. The van der Waals surface area contributed by atoms with Gasteiger partial charge in [-0.1, -0.05) is 13.8 Å². The first-order valence-corrected chi connectivity index (χ1v) is 8.96. The van der Waals surface area contributed by atoms with E-state index in [9.17, 15) is 0 Å². The van der Waals surface area contributed by atoms with Crippen LogP contribution in [0.4, 0.5) is 5.95 Å². The minimum atomic E-state index is 0.549. The third-order valence-corrected chi connectivity index (χ3v) is 5.16. The lowest BCUT2D eigenvalue weighted by atomic mass is 9.73. The molecule has 0 aliphatic carbocycles. The topological polar surface area (TPSA) is 61.5 Å². The molecule has 6 nitrogen and oxygen atoms in total. The van der Waals surface area contributed by atoms with E-state index in [-0.39, 0.29) is 0 Å². The zero-order valence-electron chi connectivity index (χ0n) is 14.5. The van der Waals surface area contributed by atoms with Gasteiger partial charge in [0, 0.05) is 63.6 Å². The number of piperidine rings is 1. The predicted octanol–water partition coefficient (Wildman–Crippen LogP) is 1.21. The second-order valence-corrected chi connectivity index (χ2v) is 7.05. The lowest BCUT2D eigenvalue weighted by Gasteiger charge is -2.59. The molecule has 4 rings (SSSR count). The Balaban J connectivity index is 0.000000753. The molecule has 0 radical (unpaired) electrons. The average molecular weight is 318 g/mol. The lowest BCUT2D eigenvalue weighted by Crippen LogP contribution is -2.73. The molecular weight excluding hydrogens is 288 g/mol. The van der Waals surface area contributed by atoms with E-state index in [4.69, 9.17) is 5.84 Å². The molecule has 0 atom stereocenters. The summed E-state index contributed by atoms with van der Waals surface area (Å²) < 4.78 is 0. The second kappa shape index (κ2) is 7.11. The molecule has 1 aromatic heterocycles. The Kier molecular flexibility index (Phi) is 5.14. The number of hydrogen-bond donors (Lipinski definition) is 1. The predicted molar refractivity (Wildman–Crippen MR) is 93.0 cm³/mol. The van der Waals surface area contributed by atoms with Gasteiger partial charge in [-0.3, -0.25) is 5.84 Å². The molecule has 2 N–H and O–H groups in total. The van der Waals surface area contributed by atoms with Crippen LogP contribution in [0.1, 0.15) is 26.7 Å². The van der Waals surface area contributed by atoms with Gasteiger partial charge in [-0.05, 0) is 24.8 Å². The van der Waals surface area contributed by atoms with Crippen molar-refractivity contribution in [2.45, 2.75) is 26.7 Å². The summed E-state index contributed by atoms with van der Waals surface area (Å²) in [6.07, 6.45) is 6.16. The maximum absolute atomic E-state index is 5.76. The number of nitrogens with two attached hydrogens (primary N) is 1. The smallest absolute Gasteiger partial charge is 0.225 e. The summed E-state index contributed by atoms with van der Waals surface area (Å²) in [7, 11) is 0. The number of hydrogen-bond acceptors (Lipinski definition) is 6. The van der Waals surface area contributed by atoms with Crippen molar-refractivity contribution >= 4 is 5.95 Å². The fraction of sp³-hybridized carbons (Fsp3) is 0.765. The largest absolute Gasteiger partial charge is 0.341 e. The lowest BCUT2D eigenvalue weighted by molar-refractivity contribution is -0.120. The van der Waals surface area contributed by atoms with E-state index >= 15 is 0 Å². The fourth-order valence-corrected chi connectivity index (χ4v) is 4.18. The van der Waals surface area contributed by atoms with Crippen LogP contribution in [0.3, 0.4) is 0 Å². The molecule has 6 heteroatoms. The van der Waals surface area contributed by atoms with Crippen molar-refractivity contribution in [2.75, 3.05) is 50.7 Å². The summed E-state index contributed by atoms with van der Waals surface area (Å²) in [6, 6.07) is 1.87. The van der Waals surface area contributed by atoms with Gasteiger partial charge in [0.15, 0.2) is 0 Å². The number of anilines is 1. The Hall–Kier alpha value is -1.24. The van der Waals surface area contributed by atoms with Crippen LogP contribution in [0.25, 0.3) is 0 Å². The van der Waals surface area contributed by atoms with Gasteiger partial charge in [-0.2, -0.15) is 0 Å². The van der Waals surface area contributed by atoms with E-state index in [0.717, 1.165) is 38.0 Å². The first-order chi connectivity index (χ1) is 11.2. The fourth-order valence-electron chi connectivity index (χ4n) is 4.18. The van der Waals surface area contributed by atoms with Crippen LogP contribution in [0, 0.1) is 11.3 Å². The highest BCUT2D eigenvalue weighted by molar-refractivity contribution is 5.28. The van der Waals surface area contributed by atoms with Gasteiger partial charge < -0.3 is 9.80 Å². The molecule has 0 amide bonds. The standard InChI is InChI=1S/C15H24N6.C2H6/c16-21-11-15(12-21)9-19(10-15)8-13-2-6-20(7-3-13)14-17-4-1-5-18-14;1-2/h1,4-5,13H,2-3,6-12,16H2;1-2H3. The molecule has 3 fully saturated rings. The van der Waals surface area contributed by atoms with Gasteiger partial charge in [-0.25, -0.2) is 15.0 Å². The van der Waals surface area contributed by atoms with Crippen LogP contribution in [0.15, 0.2) is 18.5 Å². The normalized spacial score (nSPS) is 24.6. The molecular formula is C17H30N6. The molecule has 3 aliphatic heterocycles. The molecule has 0 unspecified atom stereocenters. The Bertz CT molecular complexity index is 471. The maximum atomic E-state index is 5.76. The van der Waals surface area contributed by atoms with Crippen molar-refractivity contribution in [3.63, 3.8) is 0 Å². The van der Waals surface area contributed by atoms with E-state index in [2.05, 4.69) is 19.8 Å². The zero-order chi connectivity index (χ0) is 16.3. The number of hydrazine groups is 1. The van der Waals surface area contributed by atoms with Crippen molar-refractivity contribution in [1.82, 2.24) is 19.9 Å². The first-order valence-electron chi connectivity index (χ1n) is 8.96. The van der Waals surface area contributed by atoms with Gasteiger partial charge in [0.1, 0.15) is 0 Å². The first kappa shape index (κ1) is 16.6. The Morgan fingerprint density at radius 1 is 1.09 bits per heavy atom. The minimum absolute atomic E-state index is 0.549. The summed E-state index contributed by atoms with van der Waals surface area (Å²) in [5.41, 5.74) is 0.549. The maximum Gasteiger partial charge on any atom is 0.225 e. The SMILES string of the molecule is CC.NN1CC2(C1)CN(CC1CCN(c3ncccn3)CC1)C2. The summed E-state index contributed by atoms with van der Waals surface area (Å²) in [5.74, 6) is 7.48. The molecule has 0 aromatic carbocycles. The minimum Gasteiger partial charge on any atom is -0.341 e. The van der Waals surface area contributed by atoms with Crippen LogP contribution in [-0.4, -0.2) is 65.7 Å². The zero-order valence-corrected chi connectivity index (χ0v) is 14.5. The van der Waals surface area contributed by atoms with E-state index < -0.39 is 0 Å². The van der Waals surface area contributed by atoms with Crippen LogP contribution in [0.2, 0.25) is 0 Å². The molecule has 0 bridgehead atoms. The van der Waals surface area contributed by atoms with Crippen LogP contribution < -0.4 is 10.7 Å². The summed E-state index contributed by atoms with van der Waals surface area (Å²) in [4.78, 5) is 13.6. The molecule has 0 saturated carbocycles. The average Bonchev–Trinajstić information content (AvgIpc) is 2.55. The highest BCUT2D eigenvalue weighted by Crippen LogP contribution is 2.38. The van der Waals surface area contributed by atoms with Crippen LogP contribution >= 0.6 is 0 Å². The molecule has 3 saturated heterocycles. The second-order valence-electron chi connectivity index (χ2n) is 7.05. The Morgan fingerprint density at radius 2 is 1.70 bits per heavy atom. The van der Waals surface area contributed by atoms with Gasteiger partial charge in [0.05, 0.1) is 0 Å². The summed E-state index contributed by atoms with van der Waals surface area (Å²) >= 11 is 0. The number of likely N-dealkylation sites (tertiary alicyclic amines) is 1.